The summed E-state index contributed by atoms with van der Waals surface area (Å²) in [6.07, 6.45) is 0. The van der Waals surface area contributed by atoms with Crippen molar-refractivity contribution in [1.82, 2.24) is 0 Å². The van der Waals surface area contributed by atoms with Crippen molar-refractivity contribution in [2.75, 3.05) is 13.2 Å². The fourth-order valence-electron chi connectivity index (χ4n) is 0.323. The summed E-state index contributed by atoms with van der Waals surface area (Å²) in [6, 6.07) is 0. The summed E-state index contributed by atoms with van der Waals surface area (Å²) in [5.74, 6) is 0. The molecule has 4 nitrogen and oxygen atoms in total. The van der Waals surface area contributed by atoms with E-state index in [0.717, 1.165) is 0 Å². The second kappa shape index (κ2) is 3.96. The molecule has 0 heterocycles. The van der Waals surface area contributed by atoms with Crippen molar-refractivity contribution in [3.05, 3.63) is 0 Å². The van der Waals surface area contributed by atoms with Crippen molar-refractivity contribution < 1.29 is 28.8 Å². The molecule has 0 saturated heterocycles. The standard InChI is InChI=1S/2C2H5O.Cr.2O/c2*1-2-3;;;/h2*2H2,1H3;;;/q2*-1;+2;;. The van der Waals surface area contributed by atoms with Crippen LogP contribution < -0.4 is 0 Å². The van der Waals surface area contributed by atoms with Crippen LogP contribution in [-0.2, 0) is 28.8 Å². The van der Waals surface area contributed by atoms with Gasteiger partial charge in [-0.3, -0.25) is 0 Å². The molecular formula is C4H10CrO4. The predicted octanol–water partition coefficient (Wildman–Crippen LogP) is 0.734. The molecule has 0 bridgehead atoms. The first kappa shape index (κ1) is 9.05. The van der Waals surface area contributed by atoms with Gasteiger partial charge in [-0.1, -0.05) is 0 Å². The van der Waals surface area contributed by atoms with Gasteiger partial charge in [0.05, 0.1) is 0 Å². The third-order valence-electron chi connectivity index (χ3n) is 0.524. The van der Waals surface area contributed by atoms with Crippen LogP contribution in [0.5, 0.6) is 0 Å². The topological polar surface area (TPSA) is 52.6 Å². The van der Waals surface area contributed by atoms with Gasteiger partial charge >= 0.3 is 55.9 Å². The summed E-state index contributed by atoms with van der Waals surface area (Å²) in [6.45, 7) is 3.49. The van der Waals surface area contributed by atoms with Crippen LogP contribution in [0.1, 0.15) is 13.8 Å². The van der Waals surface area contributed by atoms with Gasteiger partial charge < -0.3 is 0 Å². The molecule has 0 aliphatic heterocycles. The van der Waals surface area contributed by atoms with Crippen LogP contribution in [-0.4, -0.2) is 13.2 Å². The molecule has 0 fully saturated rings. The SMILES string of the molecule is CC[O][Cr](=[O])(=[O])[O]CC. The molecule has 0 spiro atoms. The van der Waals surface area contributed by atoms with Gasteiger partial charge in [-0.05, 0) is 0 Å². The second-order valence-electron chi connectivity index (χ2n) is 1.22. The van der Waals surface area contributed by atoms with Crippen molar-refractivity contribution in [2.45, 2.75) is 13.8 Å². The third-order valence-corrected chi connectivity index (χ3v) is 2.16. The first-order chi connectivity index (χ1) is 4.12. The van der Waals surface area contributed by atoms with Crippen LogP contribution in [0, 0.1) is 0 Å². The maximum absolute atomic E-state index is 10.5. The summed E-state index contributed by atoms with van der Waals surface area (Å²) >= 11 is -4.37. The van der Waals surface area contributed by atoms with Crippen LogP contribution >= 0.6 is 0 Å². The van der Waals surface area contributed by atoms with E-state index in [4.69, 9.17) is 0 Å². The number of rotatable bonds is 4. The van der Waals surface area contributed by atoms with E-state index in [9.17, 15) is 7.61 Å². The van der Waals surface area contributed by atoms with Gasteiger partial charge in [0.1, 0.15) is 0 Å². The zero-order chi connectivity index (χ0) is 7.33. The normalized spacial score (nSPS) is 11.8. The molecule has 9 heavy (non-hydrogen) atoms. The first-order valence-electron chi connectivity index (χ1n) is 2.66. The molecule has 0 aromatic heterocycles. The van der Waals surface area contributed by atoms with Gasteiger partial charge in [0.2, 0.25) is 0 Å². The zero-order valence-corrected chi connectivity index (χ0v) is 6.73. The Kier molecular flexibility index (Phi) is 3.99. The fourth-order valence-corrected chi connectivity index (χ4v) is 1.33. The Morgan fingerprint density at radius 2 is 1.44 bits per heavy atom. The Labute approximate surface area is 56.5 Å². The zero-order valence-electron chi connectivity index (χ0n) is 5.46. The molecule has 5 heteroatoms. The summed E-state index contributed by atoms with van der Waals surface area (Å²) in [7, 11) is 0. The van der Waals surface area contributed by atoms with E-state index in [0.29, 0.717) is 0 Å². The van der Waals surface area contributed by atoms with Crippen molar-refractivity contribution in [2.24, 2.45) is 0 Å². The van der Waals surface area contributed by atoms with Gasteiger partial charge in [-0.15, -0.1) is 0 Å². The van der Waals surface area contributed by atoms with E-state index in [-0.39, 0.29) is 13.2 Å². The van der Waals surface area contributed by atoms with E-state index in [1.165, 1.54) is 0 Å². The molecule has 0 N–H and O–H groups in total. The van der Waals surface area contributed by atoms with E-state index in [2.05, 4.69) is 7.58 Å². The molecule has 0 rings (SSSR count). The van der Waals surface area contributed by atoms with Crippen molar-refractivity contribution >= 4 is 0 Å². The van der Waals surface area contributed by atoms with Gasteiger partial charge in [0.15, 0.2) is 0 Å². The van der Waals surface area contributed by atoms with E-state index >= 15 is 0 Å². The molecule has 0 radical (unpaired) electrons. The summed E-state index contributed by atoms with van der Waals surface area (Å²) in [5, 5.41) is 0. The molecular weight excluding hydrogens is 164 g/mol. The van der Waals surface area contributed by atoms with Crippen molar-refractivity contribution in [3.63, 3.8) is 0 Å². The maximum atomic E-state index is 10.5. The second-order valence-corrected chi connectivity index (χ2v) is 3.23. The quantitative estimate of drug-likeness (QED) is 0.630. The van der Waals surface area contributed by atoms with Crippen LogP contribution in [0.4, 0.5) is 0 Å². The molecule has 0 aliphatic carbocycles. The predicted molar refractivity (Wildman–Crippen MR) is 24.6 cm³/mol. The van der Waals surface area contributed by atoms with E-state index < -0.39 is 13.6 Å². The summed E-state index contributed by atoms with van der Waals surface area (Å²) in [4.78, 5) is 0. The Morgan fingerprint density at radius 3 is 1.67 bits per heavy atom. The molecule has 0 saturated carbocycles. The van der Waals surface area contributed by atoms with Crippen LogP contribution in [0.15, 0.2) is 0 Å². The molecule has 0 atom stereocenters. The van der Waals surface area contributed by atoms with Gasteiger partial charge in [-0.2, -0.15) is 0 Å². The molecule has 56 valence electrons. The number of hydrogen-bond acceptors (Lipinski definition) is 4. The minimum atomic E-state index is -4.37. The van der Waals surface area contributed by atoms with Crippen molar-refractivity contribution in [3.8, 4) is 0 Å². The Hall–Kier alpha value is 0.0525. The van der Waals surface area contributed by atoms with Gasteiger partial charge in [0, 0.05) is 0 Å². The average Bonchev–Trinajstić information content (AvgIpc) is 1.64. The van der Waals surface area contributed by atoms with Crippen LogP contribution in [0.3, 0.4) is 0 Å². The summed E-state index contributed by atoms with van der Waals surface area (Å²) < 4.78 is 29.5. The minimum absolute atomic E-state index is 0.146. The Bertz CT molecular complexity index is 136. The fraction of sp³-hybridized carbons (Fsp3) is 1.00. The van der Waals surface area contributed by atoms with Crippen LogP contribution in [0.25, 0.3) is 0 Å². The molecule has 0 aromatic rings. The Balaban J connectivity index is 3.73. The average molecular weight is 174 g/mol. The van der Waals surface area contributed by atoms with Crippen molar-refractivity contribution in [1.29, 1.82) is 0 Å². The van der Waals surface area contributed by atoms with E-state index in [1.807, 2.05) is 0 Å². The van der Waals surface area contributed by atoms with Crippen LogP contribution in [0.2, 0.25) is 0 Å². The monoisotopic (exact) mass is 174 g/mol. The molecule has 0 aliphatic rings. The van der Waals surface area contributed by atoms with Gasteiger partial charge in [-0.25, -0.2) is 0 Å². The van der Waals surface area contributed by atoms with Gasteiger partial charge in [0.25, 0.3) is 0 Å². The first-order valence-corrected chi connectivity index (χ1v) is 4.74. The van der Waals surface area contributed by atoms with E-state index in [1.54, 1.807) is 13.8 Å². The molecule has 0 unspecified atom stereocenters. The Morgan fingerprint density at radius 1 is 1.11 bits per heavy atom. The molecule has 0 amide bonds. The third kappa shape index (κ3) is 4.55. The summed E-state index contributed by atoms with van der Waals surface area (Å²) in [5.41, 5.74) is 0. The number of hydrogen-bond donors (Lipinski definition) is 0. The molecule has 0 aromatic carbocycles.